The van der Waals surface area contributed by atoms with Crippen molar-refractivity contribution in [3.8, 4) is 0 Å². The number of amides is 1. The van der Waals surface area contributed by atoms with Gasteiger partial charge in [0.15, 0.2) is 10.8 Å². The molecule has 0 spiro atoms. The first kappa shape index (κ1) is 14.2. The zero-order valence-electron chi connectivity index (χ0n) is 11.9. The molecule has 0 radical (unpaired) electrons. The molecule has 1 aliphatic rings. The van der Waals surface area contributed by atoms with Crippen molar-refractivity contribution in [1.29, 1.82) is 0 Å². The highest BCUT2D eigenvalue weighted by Gasteiger charge is 2.25. The molecule has 1 fully saturated rings. The van der Waals surface area contributed by atoms with Crippen LogP contribution < -0.4 is 5.73 Å². The number of rotatable bonds is 3. The van der Waals surface area contributed by atoms with E-state index in [0.29, 0.717) is 17.3 Å². The first-order valence-electron chi connectivity index (χ1n) is 6.97. The molecular formula is C14H18N4O2S. The van der Waals surface area contributed by atoms with E-state index in [4.69, 9.17) is 10.5 Å². The lowest BCUT2D eigenvalue weighted by Gasteiger charge is -2.32. The molecule has 1 saturated heterocycles. The van der Waals surface area contributed by atoms with Gasteiger partial charge in [0.05, 0.1) is 4.70 Å². The van der Waals surface area contributed by atoms with Crippen LogP contribution in [0.2, 0.25) is 0 Å². The van der Waals surface area contributed by atoms with Crippen LogP contribution >= 0.6 is 11.3 Å². The lowest BCUT2D eigenvalue weighted by Crippen LogP contribution is -2.41. The summed E-state index contributed by atoms with van der Waals surface area (Å²) in [5.74, 6) is 0.299. The fourth-order valence-electron chi connectivity index (χ4n) is 2.74. The molecule has 6 nitrogen and oxygen atoms in total. The Labute approximate surface area is 126 Å². The second kappa shape index (κ2) is 5.95. The van der Waals surface area contributed by atoms with Crippen LogP contribution in [0.1, 0.15) is 24.5 Å². The van der Waals surface area contributed by atoms with Crippen molar-refractivity contribution >= 4 is 32.7 Å². The Morgan fingerprint density at radius 3 is 3.19 bits per heavy atom. The van der Waals surface area contributed by atoms with E-state index in [9.17, 15) is 4.79 Å². The number of nitrogen functional groups attached to an aromatic ring is 1. The van der Waals surface area contributed by atoms with Crippen molar-refractivity contribution in [2.45, 2.75) is 18.8 Å². The van der Waals surface area contributed by atoms with Gasteiger partial charge in [-0.2, -0.15) is 0 Å². The van der Waals surface area contributed by atoms with Crippen molar-refractivity contribution in [1.82, 2.24) is 14.9 Å². The predicted octanol–water partition coefficient (Wildman–Crippen LogP) is 1.63. The summed E-state index contributed by atoms with van der Waals surface area (Å²) < 4.78 is 5.93. The number of nitrogens with zero attached hydrogens (tertiary/aromatic N) is 3. The third kappa shape index (κ3) is 2.98. The molecule has 0 aliphatic carbocycles. The summed E-state index contributed by atoms with van der Waals surface area (Å²) in [7, 11) is 1.54. The van der Waals surface area contributed by atoms with E-state index >= 15 is 0 Å². The molecule has 1 atom stereocenters. The zero-order chi connectivity index (χ0) is 14.8. The number of aromatic nitrogens is 2. The van der Waals surface area contributed by atoms with E-state index in [0.717, 1.165) is 29.8 Å². The van der Waals surface area contributed by atoms with Crippen LogP contribution in [0.15, 0.2) is 12.1 Å². The Kier molecular flexibility index (Phi) is 4.03. The van der Waals surface area contributed by atoms with Crippen molar-refractivity contribution in [3.05, 3.63) is 17.8 Å². The Hall–Kier alpha value is -1.73. The molecule has 21 heavy (non-hydrogen) atoms. The maximum Gasteiger partial charge on any atom is 0.248 e. The first-order valence-corrected chi connectivity index (χ1v) is 7.78. The van der Waals surface area contributed by atoms with E-state index in [-0.39, 0.29) is 18.4 Å². The van der Waals surface area contributed by atoms with Crippen LogP contribution in [0.5, 0.6) is 0 Å². The number of likely N-dealkylation sites (tertiary alicyclic amines) is 1. The number of thiazole rings is 1. The van der Waals surface area contributed by atoms with E-state index in [1.54, 1.807) is 7.11 Å². The van der Waals surface area contributed by atoms with Gasteiger partial charge >= 0.3 is 0 Å². The lowest BCUT2D eigenvalue weighted by atomic mass is 9.94. The van der Waals surface area contributed by atoms with E-state index in [1.165, 1.54) is 11.3 Å². The van der Waals surface area contributed by atoms with Gasteiger partial charge in [-0.15, -0.1) is 0 Å². The molecule has 0 saturated carbocycles. The van der Waals surface area contributed by atoms with Gasteiger partial charge < -0.3 is 15.4 Å². The molecule has 2 N–H and O–H groups in total. The number of carbonyl (C=O) groups is 1. The maximum absolute atomic E-state index is 11.9. The monoisotopic (exact) mass is 306 g/mol. The number of methoxy groups -OCH3 is 1. The van der Waals surface area contributed by atoms with Gasteiger partial charge in [-0.05, 0) is 25.0 Å². The summed E-state index contributed by atoms with van der Waals surface area (Å²) in [6.07, 6.45) is 2.02. The van der Waals surface area contributed by atoms with Crippen LogP contribution in [0.4, 0.5) is 5.13 Å². The minimum absolute atomic E-state index is 0.0428. The average Bonchev–Trinajstić information content (AvgIpc) is 2.86. The van der Waals surface area contributed by atoms with E-state index in [1.807, 2.05) is 17.0 Å². The molecule has 1 amide bonds. The predicted molar refractivity (Wildman–Crippen MR) is 82.3 cm³/mol. The second-order valence-corrected chi connectivity index (χ2v) is 6.28. The van der Waals surface area contributed by atoms with Gasteiger partial charge in [0, 0.05) is 31.8 Å². The Balaban J connectivity index is 1.79. The fraction of sp³-hybridized carbons (Fsp3) is 0.500. The highest BCUT2D eigenvalue weighted by molar-refractivity contribution is 7.21. The fourth-order valence-corrected chi connectivity index (χ4v) is 3.41. The number of fused-ring (bicyclic) bond motifs is 1. The standard InChI is InChI=1S/C14H18N4O2S/c1-20-8-12(19)18-6-2-3-9(7-18)10-4-5-11-13(16-10)17-14(15)21-11/h4-5,9H,2-3,6-8H2,1H3,(H2,15,16,17). The summed E-state index contributed by atoms with van der Waals surface area (Å²) >= 11 is 1.44. The summed E-state index contributed by atoms with van der Waals surface area (Å²) in [6.45, 7) is 1.63. The van der Waals surface area contributed by atoms with Crippen molar-refractivity contribution in [2.75, 3.05) is 32.5 Å². The Morgan fingerprint density at radius 2 is 2.38 bits per heavy atom. The molecule has 0 bridgehead atoms. The lowest BCUT2D eigenvalue weighted by molar-refractivity contribution is -0.136. The van der Waals surface area contributed by atoms with Crippen LogP contribution in [-0.4, -0.2) is 47.6 Å². The number of anilines is 1. The molecule has 1 unspecified atom stereocenters. The van der Waals surface area contributed by atoms with E-state index in [2.05, 4.69) is 9.97 Å². The van der Waals surface area contributed by atoms with Gasteiger partial charge in [-0.25, -0.2) is 9.97 Å². The topological polar surface area (TPSA) is 81.3 Å². The average molecular weight is 306 g/mol. The molecular weight excluding hydrogens is 288 g/mol. The molecule has 7 heteroatoms. The van der Waals surface area contributed by atoms with Crippen LogP contribution in [0.3, 0.4) is 0 Å². The number of hydrogen-bond acceptors (Lipinski definition) is 6. The number of carbonyl (C=O) groups excluding carboxylic acids is 1. The molecule has 3 rings (SSSR count). The summed E-state index contributed by atoms with van der Waals surface area (Å²) in [4.78, 5) is 22.7. The van der Waals surface area contributed by atoms with Crippen molar-refractivity contribution in [3.63, 3.8) is 0 Å². The highest BCUT2D eigenvalue weighted by Crippen LogP contribution is 2.29. The third-order valence-corrected chi connectivity index (χ3v) is 4.59. The smallest absolute Gasteiger partial charge is 0.248 e. The van der Waals surface area contributed by atoms with Gasteiger partial charge in [0.1, 0.15) is 6.61 Å². The molecule has 3 heterocycles. The number of ether oxygens (including phenoxy) is 1. The first-order chi connectivity index (χ1) is 10.2. The van der Waals surface area contributed by atoms with Gasteiger partial charge in [0.2, 0.25) is 5.91 Å². The van der Waals surface area contributed by atoms with Crippen molar-refractivity contribution < 1.29 is 9.53 Å². The molecule has 112 valence electrons. The number of nitrogens with two attached hydrogens (primary N) is 1. The highest BCUT2D eigenvalue weighted by atomic mass is 32.1. The number of hydrogen-bond donors (Lipinski definition) is 1. The van der Waals surface area contributed by atoms with Crippen molar-refractivity contribution in [2.24, 2.45) is 0 Å². The second-order valence-electron chi connectivity index (χ2n) is 5.22. The normalized spacial score (nSPS) is 19.1. The SMILES string of the molecule is COCC(=O)N1CCCC(c2ccc3sc(N)nc3n2)C1. The molecule has 2 aromatic rings. The summed E-state index contributed by atoms with van der Waals surface area (Å²) in [5.41, 5.74) is 7.41. The summed E-state index contributed by atoms with van der Waals surface area (Å²) in [5, 5.41) is 0.537. The zero-order valence-corrected chi connectivity index (χ0v) is 12.7. The quantitative estimate of drug-likeness (QED) is 0.932. The van der Waals surface area contributed by atoms with Crippen LogP contribution in [0, 0.1) is 0 Å². The van der Waals surface area contributed by atoms with Gasteiger partial charge in [-0.1, -0.05) is 11.3 Å². The minimum Gasteiger partial charge on any atom is -0.375 e. The summed E-state index contributed by atoms with van der Waals surface area (Å²) in [6, 6.07) is 4.04. The molecule has 2 aromatic heterocycles. The molecule has 0 aromatic carbocycles. The number of pyridine rings is 1. The van der Waals surface area contributed by atoms with E-state index < -0.39 is 0 Å². The van der Waals surface area contributed by atoms with Crippen LogP contribution in [-0.2, 0) is 9.53 Å². The minimum atomic E-state index is 0.0428. The Morgan fingerprint density at radius 1 is 1.52 bits per heavy atom. The third-order valence-electron chi connectivity index (χ3n) is 3.75. The van der Waals surface area contributed by atoms with Gasteiger partial charge in [0.25, 0.3) is 0 Å². The van der Waals surface area contributed by atoms with Gasteiger partial charge in [-0.3, -0.25) is 4.79 Å². The molecule has 1 aliphatic heterocycles. The largest absolute Gasteiger partial charge is 0.375 e. The van der Waals surface area contributed by atoms with Crippen LogP contribution in [0.25, 0.3) is 10.3 Å². The number of piperidine rings is 1. The Bertz CT molecular complexity index is 657. The maximum atomic E-state index is 11.9.